The summed E-state index contributed by atoms with van der Waals surface area (Å²) in [6.45, 7) is 3.61. The van der Waals surface area contributed by atoms with Gasteiger partial charge in [0.2, 0.25) is 23.1 Å². The number of phenolic OH excluding ortho intramolecular Hbond substituents is 4. The first-order valence-corrected chi connectivity index (χ1v) is 20.3. The number of anilines is 4. The van der Waals surface area contributed by atoms with Crippen molar-refractivity contribution in [3.05, 3.63) is 93.0 Å². The zero-order valence-corrected chi connectivity index (χ0v) is 35.7. The summed E-state index contributed by atoms with van der Waals surface area (Å²) < 4.78 is 0. The minimum absolute atomic E-state index is 0. The molecule has 2 aliphatic rings. The Morgan fingerprint density at radius 2 is 0.581 bits per heavy atom. The summed E-state index contributed by atoms with van der Waals surface area (Å²) in [5.74, 6) is -3.85. The van der Waals surface area contributed by atoms with Crippen LogP contribution in [0.15, 0.2) is 48.5 Å². The van der Waals surface area contributed by atoms with Crippen molar-refractivity contribution in [3.63, 3.8) is 0 Å². The van der Waals surface area contributed by atoms with E-state index < -0.39 is 34.6 Å². The molecule has 2 aliphatic carbocycles. The van der Waals surface area contributed by atoms with Crippen LogP contribution in [-0.4, -0.2) is 119 Å². The van der Waals surface area contributed by atoms with Gasteiger partial charge in [-0.05, 0) is 61.4 Å². The molecule has 12 N–H and O–H groups in total. The highest BCUT2D eigenvalue weighted by Gasteiger charge is 2.39. The van der Waals surface area contributed by atoms with Crippen molar-refractivity contribution in [3.8, 4) is 23.0 Å². The number of carbonyl (C=O) groups is 4. The van der Waals surface area contributed by atoms with Gasteiger partial charge in [-0.2, -0.15) is 0 Å². The molecule has 0 spiro atoms. The molecule has 0 bridgehead atoms. The molecule has 18 heteroatoms. The molecule has 6 rings (SSSR count). The van der Waals surface area contributed by atoms with Gasteiger partial charge >= 0.3 is 0 Å². The lowest BCUT2D eigenvalue weighted by atomic mass is 9.81. The van der Waals surface area contributed by atoms with E-state index >= 15 is 0 Å². The Labute approximate surface area is 371 Å². The maximum absolute atomic E-state index is 13.8. The Hall–Kier alpha value is -5.62. The van der Waals surface area contributed by atoms with Gasteiger partial charge in [0.15, 0.2) is 0 Å². The molecule has 4 aromatic rings. The third-order valence-electron chi connectivity index (χ3n) is 10.6. The highest BCUT2D eigenvalue weighted by atomic mass is 35.5. The third kappa shape index (κ3) is 10.5. The molecule has 0 atom stereocenters. The van der Waals surface area contributed by atoms with Crippen molar-refractivity contribution in [1.29, 1.82) is 0 Å². The fraction of sp³-hybridized carbons (Fsp3) is 0.364. The molecule has 0 saturated carbocycles. The molecule has 0 fully saturated rings. The molecule has 0 heterocycles. The number of rotatable bonds is 23. The van der Waals surface area contributed by atoms with Gasteiger partial charge in [-0.25, -0.2) is 0 Å². The predicted octanol–water partition coefficient (Wildman–Crippen LogP) is 4.76. The number of unbranched alkanes of at least 4 members (excludes halogenated alkanes) is 5. The second-order valence-electron chi connectivity index (χ2n) is 14.6. The van der Waals surface area contributed by atoms with Crippen molar-refractivity contribution < 1.29 is 49.8 Å². The average molecular weight is 898 g/mol. The van der Waals surface area contributed by atoms with Crippen LogP contribution in [0.5, 0.6) is 23.0 Å². The summed E-state index contributed by atoms with van der Waals surface area (Å²) in [6.07, 6.45) is 5.19. The highest BCUT2D eigenvalue weighted by molar-refractivity contribution is 6.34. The van der Waals surface area contributed by atoms with Crippen LogP contribution in [0.4, 0.5) is 22.7 Å². The van der Waals surface area contributed by atoms with Gasteiger partial charge in [0.05, 0.1) is 57.7 Å². The number of ketones is 4. The maximum atomic E-state index is 13.8. The van der Waals surface area contributed by atoms with E-state index in [2.05, 4.69) is 31.9 Å². The topological polar surface area (TPSA) is 262 Å². The molecule has 62 heavy (non-hydrogen) atoms. The summed E-state index contributed by atoms with van der Waals surface area (Å²) in [5.41, 5.74) is 1.27. The van der Waals surface area contributed by atoms with Crippen molar-refractivity contribution in [2.75, 3.05) is 86.8 Å². The number of carbonyl (C=O) groups excluding carboxylic acids is 4. The van der Waals surface area contributed by atoms with Gasteiger partial charge in [-0.3, -0.25) is 19.2 Å². The van der Waals surface area contributed by atoms with Crippen LogP contribution in [0.25, 0.3) is 0 Å². The number of hydrogen-bond donors (Lipinski definition) is 12. The van der Waals surface area contributed by atoms with E-state index in [9.17, 15) is 39.6 Å². The van der Waals surface area contributed by atoms with E-state index in [1.807, 2.05) is 0 Å². The molecule has 334 valence electrons. The number of aromatic hydroxyl groups is 4. The molecular weight excluding hydrogens is 843 g/mol. The average Bonchev–Trinajstić information content (AvgIpc) is 3.24. The number of aliphatic hydroxyl groups is 2. The molecule has 0 unspecified atom stereocenters. The standard InChI is InChI=1S/C44H52N6O10.2ClH/c51-23-21-45-17-19-49-27-9-7-25(33-35(27)43(59)39-31(55)13-11-29(53)37(39)41(33)57)47-15-5-3-1-2-4-6-16-48-26-8-10-28(50-20-18-46-22-24-52)36-34(26)42(58)38-30(54)12-14-32(56)40(38)44(36)60;;/h7-14,45-56H,1-6,15-24H2;2*1H. The first-order chi connectivity index (χ1) is 29.1. The number of hydrogen-bond acceptors (Lipinski definition) is 16. The lowest BCUT2D eigenvalue weighted by Gasteiger charge is -2.25. The minimum atomic E-state index is -0.574. The van der Waals surface area contributed by atoms with Crippen LogP contribution in [0, 0.1) is 0 Å². The molecule has 0 saturated heterocycles. The number of halogens is 2. The van der Waals surface area contributed by atoms with Gasteiger partial charge in [-0.1, -0.05) is 25.7 Å². The minimum Gasteiger partial charge on any atom is -0.507 e. The number of benzene rings is 4. The molecular formula is C44H54Cl2N6O10. The van der Waals surface area contributed by atoms with Crippen molar-refractivity contribution >= 4 is 70.7 Å². The summed E-state index contributed by atoms with van der Waals surface area (Å²) in [6, 6.07) is 11.6. The number of phenols is 4. The Morgan fingerprint density at radius 1 is 0.323 bits per heavy atom. The van der Waals surface area contributed by atoms with E-state index in [1.165, 1.54) is 24.3 Å². The van der Waals surface area contributed by atoms with E-state index in [-0.39, 0.29) is 94.0 Å². The largest absolute Gasteiger partial charge is 0.507 e. The number of nitrogens with one attached hydrogen (secondary N) is 6. The van der Waals surface area contributed by atoms with Gasteiger partial charge in [0.25, 0.3) is 0 Å². The van der Waals surface area contributed by atoms with E-state index in [0.29, 0.717) is 75.1 Å². The van der Waals surface area contributed by atoms with E-state index in [0.717, 1.165) is 38.5 Å². The van der Waals surface area contributed by atoms with Crippen LogP contribution in [0.2, 0.25) is 0 Å². The predicted molar refractivity (Wildman–Crippen MR) is 242 cm³/mol. The highest BCUT2D eigenvalue weighted by Crippen LogP contribution is 2.44. The smallest absolute Gasteiger partial charge is 0.200 e. The van der Waals surface area contributed by atoms with E-state index in [1.54, 1.807) is 24.3 Å². The lowest BCUT2D eigenvalue weighted by molar-refractivity contribution is 0.0975. The monoisotopic (exact) mass is 896 g/mol. The van der Waals surface area contributed by atoms with Gasteiger partial charge < -0.3 is 62.5 Å². The van der Waals surface area contributed by atoms with Crippen LogP contribution in [0.3, 0.4) is 0 Å². The van der Waals surface area contributed by atoms with Crippen LogP contribution < -0.4 is 31.9 Å². The SMILES string of the molecule is Cl.Cl.O=C1c2c(O)ccc(O)c2C(=O)c2c(NCCNCCO)ccc(NCCCCCCCCNc3ccc(NCCNCCO)c4c3C(=O)c3c(O)ccc(O)c3C4=O)c21. The van der Waals surface area contributed by atoms with E-state index in [4.69, 9.17) is 10.2 Å². The summed E-state index contributed by atoms with van der Waals surface area (Å²) in [4.78, 5) is 55.2. The lowest BCUT2D eigenvalue weighted by Crippen LogP contribution is -2.27. The molecule has 16 nitrogen and oxygen atoms in total. The summed E-state index contributed by atoms with van der Waals surface area (Å²) in [5, 5.41) is 79.3. The Morgan fingerprint density at radius 3 is 0.855 bits per heavy atom. The first kappa shape index (κ1) is 49.0. The summed E-state index contributed by atoms with van der Waals surface area (Å²) >= 11 is 0. The Balaban J connectivity index is 0.00000422. The quantitative estimate of drug-likeness (QED) is 0.0306. The normalized spacial score (nSPS) is 12.4. The fourth-order valence-electron chi connectivity index (χ4n) is 7.70. The number of fused-ring (bicyclic) bond motifs is 4. The third-order valence-corrected chi connectivity index (χ3v) is 10.6. The Bertz CT molecular complexity index is 2120. The van der Waals surface area contributed by atoms with Crippen LogP contribution >= 0.6 is 24.8 Å². The zero-order valence-electron chi connectivity index (χ0n) is 34.1. The zero-order chi connectivity index (χ0) is 42.8. The maximum Gasteiger partial charge on any atom is 0.200 e. The van der Waals surface area contributed by atoms with Crippen molar-refractivity contribution in [2.24, 2.45) is 0 Å². The Kier molecular flexibility index (Phi) is 18.2. The second-order valence-corrected chi connectivity index (χ2v) is 14.6. The molecule has 0 aromatic heterocycles. The van der Waals surface area contributed by atoms with Gasteiger partial charge in [0.1, 0.15) is 23.0 Å². The van der Waals surface area contributed by atoms with Gasteiger partial charge in [0, 0.05) is 75.1 Å². The summed E-state index contributed by atoms with van der Waals surface area (Å²) in [7, 11) is 0. The van der Waals surface area contributed by atoms with Crippen molar-refractivity contribution in [1.82, 2.24) is 10.6 Å². The molecule has 0 aliphatic heterocycles. The molecule has 0 radical (unpaired) electrons. The molecule has 4 aromatic carbocycles. The van der Waals surface area contributed by atoms with Crippen LogP contribution in [-0.2, 0) is 0 Å². The molecule has 0 amide bonds. The van der Waals surface area contributed by atoms with Crippen molar-refractivity contribution in [2.45, 2.75) is 38.5 Å². The second kappa shape index (κ2) is 23.0. The first-order valence-electron chi connectivity index (χ1n) is 20.3. The number of aliphatic hydroxyl groups excluding tert-OH is 2. The van der Waals surface area contributed by atoms with Crippen LogP contribution in [0.1, 0.15) is 102 Å². The van der Waals surface area contributed by atoms with Gasteiger partial charge in [-0.15, -0.1) is 24.8 Å². The fourth-order valence-corrected chi connectivity index (χ4v) is 7.70.